The summed E-state index contributed by atoms with van der Waals surface area (Å²) in [5.41, 5.74) is 1.28. The summed E-state index contributed by atoms with van der Waals surface area (Å²) >= 11 is 0. The third-order valence-electron chi connectivity index (χ3n) is 5.09. The molecule has 2 amide bonds. The van der Waals surface area contributed by atoms with Crippen LogP contribution in [0.25, 0.3) is 0 Å². The fourth-order valence-corrected chi connectivity index (χ4v) is 3.55. The van der Waals surface area contributed by atoms with Crippen LogP contribution >= 0.6 is 0 Å². The van der Waals surface area contributed by atoms with Crippen molar-refractivity contribution in [3.8, 4) is 0 Å². The van der Waals surface area contributed by atoms with Gasteiger partial charge in [-0.25, -0.2) is 0 Å². The summed E-state index contributed by atoms with van der Waals surface area (Å²) < 4.78 is 0. The lowest BCUT2D eigenvalue weighted by molar-refractivity contribution is -0.127. The predicted molar refractivity (Wildman–Crippen MR) is 99.4 cm³/mol. The summed E-state index contributed by atoms with van der Waals surface area (Å²) in [5, 5.41) is 2.98. The second kappa shape index (κ2) is 9.64. The van der Waals surface area contributed by atoms with Crippen molar-refractivity contribution in [2.45, 2.75) is 25.8 Å². The fraction of sp³-hybridized carbons (Fsp3) is 0.632. The van der Waals surface area contributed by atoms with Gasteiger partial charge in [-0.05, 0) is 30.5 Å². The van der Waals surface area contributed by atoms with Crippen LogP contribution in [0.15, 0.2) is 24.5 Å². The highest BCUT2D eigenvalue weighted by Crippen LogP contribution is 2.09. The van der Waals surface area contributed by atoms with Crippen LogP contribution in [-0.2, 0) is 16.1 Å². The first-order valence-electron chi connectivity index (χ1n) is 9.59. The maximum atomic E-state index is 12.1. The first-order chi connectivity index (χ1) is 12.7. The number of amides is 2. The van der Waals surface area contributed by atoms with Crippen LogP contribution in [0.4, 0.5) is 0 Å². The third kappa shape index (κ3) is 5.78. The van der Waals surface area contributed by atoms with Crippen molar-refractivity contribution in [1.82, 2.24) is 25.0 Å². The molecule has 0 aliphatic carbocycles. The Morgan fingerprint density at radius 2 is 1.81 bits per heavy atom. The Labute approximate surface area is 155 Å². The first kappa shape index (κ1) is 18.8. The zero-order chi connectivity index (χ0) is 18.2. The van der Waals surface area contributed by atoms with E-state index in [0.717, 1.165) is 58.7 Å². The molecule has 2 aliphatic heterocycles. The maximum absolute atomic E-state index is 12.1. The van der Waals surface area contributed by atoms with Crippen molar-refractivity contribution in [3.05, 3.63) is 30.1 Å². The van der Waals surface area contributed by atoms with E-state index in [2.05, 4.69) is 32.2 Å². The van der Waals surface area contributed by atoms with Gasteiger partial charge in [0.05, 0.1) is 6.54 Å². The molecule has 0 spiro atoms. The van der Waals surface area contributed by atoms with Gasteiger partial charge in [0, 0.05) is 71.2 Å². The largest absolute Gasteiger partial charge is 0.355 e. The molecule has 0 aromatic carbocycles. The quantitative estimate of drug-likeness (QED) is 0.678. The second-order valence-electron chi connectivity index (χ2n) is 7.10. The van der Waals surface area contributed by atoms with Crippen LogP contribution in [0, 0.1) is 0 Å². The molecule has 3 heterocycles. The number of nitrogens with zero attached hydrogens (tertiary/aromatic N) is 4. The Balaban J connectivity index is 1.26. The zero-order valence-corrected chi connectivity index (χ0v) is 15.4. The van der Waals surface area contributed by atoms with Crippen LogP contribution in [0.2, 0.25) is 0 Å². The van der Waals surface area contributed by atoms with Crippen molar-refractivity contribution in [2.75, 3.05) is 52.4 Å². The number of nitrogens with one attached hydrogen (secondary N) is 1. The molecule has 0 bridgehead atoms. The molecule has 2 fully saturated rings. The summed E-state index contributed by atoms with van der Waals surface area (Å²) in [6, 6.07) is 4.10. The minimum Gasteiger partial charge on any atom is -0.355 e. The van der Waals surface area contributed by atoms with Gasteiger partial charge in [0.1, 0.15) is 0 Å². The van der Waals surface area contributed by atoms with Crippen molar-refractivity contribution in [1.29, 1.82) is 0 Å². The highest BCUT2D eigenvalue weighted by molar-refractivity contribution is 5.78. The smallest absolute Gasteiger partial charge is 0.234 e. The van der Waals surface area contributed by atoms with Gasteiger partial charge < -0.3 is 10.2 Å². The highest BCUT2D eigenvalue weighted by Gasteiger charge is 2.20. The van der Waals surface area contributed by atoms with E-state index in [9.17, 15) is 9.59 Å². The van der Waals surface area contributed by atoms with Crippen LogP contribution in [-0.4, -0.2) is 83.9 Å². The van der Waals surface area contributed by atoms with Crippen LogP contribution in [0.5, 0.6) is 0 Å². The molecule has 0 saturated carbocycles. The molecule has 3 rings (SSSR count). The Hall–Kier alpha value is -1.99. The Kier molecular flexibility index (Phi) is 6.96. The van der Waals surface area contributed by atoms with Gasteiger partial charge in [-0.15, -0.1) is 0 Å². The molecule has 2 saturated heterocycles. The number of piperazine rings is 1. The van der Waals surface area contributed by atoms with Crippen LogP contribution in [0.3, 0.4) is 0 Å². The first-order valence-corrected chi connectivity index (χ1v) is 9.59. The Bertz CT molecular complexity index is 587. The van der Waals surface area contributed by atoms with Gasteiger partial charge in [-0.3, -0.25) is 24.4 Å². The van der Waals surface area contributed by atoms with E-state index in [0.29, 0.717) is 19.5 Å². The van der Waals surface area contributed by atoms with E-state index in [4.69, 9.17) is 0 Å². The molecule has 7 heteroatoms. The molecular formula is C19H29N5O2. The number of rotatable bonds is 8. The van der Waals surface area contributed by atoms with Gasteiger partial charge >= 0.3 is 0 Å². The molecule has 0 radical (unpaired) electrons. The lowest BCUT2D eigenvalue weighted by Gasteiger charge is -2.34. The number of aromatic nitrogens is 1. The minimum atomic E-state index is 0.0836. The van der Waals surface area contributed by atoms with Gasteiger partial charge in [-0.2, -0.15) is 0 Å². The second-order valence-corrected chi connectivity index (χ2v) is 7.10. The van der Waals surface area contributed by atoms with Gasteiger partial charge in [0.15, 0.2) is 0 Å². The summed E-state index contributed by atoms with van der Waals surface area (Å²) in [6.07, 6.45) is 6.14. The molecule has 1 N–H and O–H groups in total. The topological polar surface area (TPSA) is 68.8 Å². The highest BCUT2D eigenvalue weighted by atomic mass is 16.2. The molecule has 7 nitrogen and oxygen atoms in total. The van der Waals surface area contributed by atoms with Crippen molar-refractivity contribution < 1.29 is 9.59 Å². The predicted octanol–water partition coefficient (Wildman–Crippen LogP) is 0.328. The molecule has 1 aromatic heterocycles. The van der Waals surface area contributed by atoms with E-state index < -0.39 is 0 Å². The Morgan fingerprint density at radius 3 is 2.50 bits per heavy atom. The van der Waals surface area contributed by atoms with Crippen LogP contribution < -0.4 is 5.32 Å². The third-order valence-corrected chi connectivity index (χ3v) is 5.09. The molecule has 2 aliphatic rings. The maximum Gasteiger partial charge on any atom is 0.234 e. The SMILES string of the molecule is O=C(CN1CCN(Cc2ccncc2)CC1)NCCCN1CCCC1=O. The number of pyridine rings is 1. The summed E-state index contributed by atoms with van der Waals surface area (Å²) in [4.78, 5) is 34.2. The van der Waals surface area contributed by atoms with Crippen molar-refractivity contribution in [2.24, 2.45) is 0 Å². The van der Waals surface area contributed by atoms with Gasteiger partial charge in [0.25, 0.3) is 0 Å². The normalized spacial score (nSPS) is 19.1. The van der Waals surface area contributed by atoms with E-state index in [-0.39, 0.29) is 11.8 Å². The average Bonchev–Trinajstić information content (AvgIpc) is 3.06. The molecule has 0 unspecified atom stereocenters. The molecule has 26 heavy (non-hydrogen) atoms. The summed E-state index contributed by atoms with van der Waals surface area (Å²) in [6.45, 7) is 7.47. The van der Waals surface area contributed by atoms with E-state index in [1.807, 2.05) is 17.3 Å². The van der Waals surface area contributed by atoms with Gasteiger partial charge in [0.2, 0.25) is 11.8 Å². The molecule has 142 valence electrons. The van der Waals surface area contributed by atoms with E-state index in [1.165, 1.54) is 5.56 Å². The zero-order valence-electron chi connectivity index (χ0n) is 15.4. The van der Waals surface area contributed by atoms with Crippen LogP contribution in [0.1, 0.15) is 24.8 Å². The summed E-state index contributed by atoms with van der Waals surface area (Å²) in [7, 11) is 0. The van der Waals surface area contributed by atoms with Crippen molar-refractivity contribution >= 4 is 11.8 Å². The average molecular weight is 359 g/mol. The molecular weight excluding hydrogens is 330 g/mol. The molecule has 0 atom stereocenters. The Morgan fingerprint density at radius 1 is 1.08 bits per heavy atom. The summed E-state index contributed by atoms with van der Waals surface area (Å²) in [5.74, 6) is 0.335. The number of likely N-dealkylation sites (tertiary alicyclic amines) is 1. The van der Waals surface area contributed by atoms with Crippen molar-refractivity contribution in [3.63, 3.8) is 0 Å². The van der Waals surface area contributed by atoms with E-state index in [1.54, 1.807) is 0 Å². The lowest BCUT2D eigenvalue weighted by Crippen LogP contribution is -2.49. The lowest BCUT2D eigenvalue weighted by atomic mass is 10.2. The minimum absolute atomic E-state index is 0.0836. The van der Waals surface area contributed by atoms with E-state index >= 15 is 0 Å². The fourth-order valence-electron chi connectivity index (χ4n) is 3.55. The monoisotopic (exact) mass is 359 g/mol. The number of hydrogen-bond donors (Lipinski definition) is 1. The number of carbonyl (C=O) groups is 2. The van der Waals surface area contributed by atoms with Gasteiger partial charge in [-0.1, -0.05) is 0 Å². The molecule has 1 aromatic rings. The standard InChI is InChI=1S/C19H29N5O2/c25-18(21-6-2-10-24-9-1-3-19(24)26)16-23-13-11-22(12-14-23)15-17-4-7-20-8-5-17/h4-5,7-8H,1-3,6,9-16H2,(H,21,25). The number of carbonyl (C=O) groups excluding carboxylic acids is 2. The number of hydrogen-bond acceptors (Lipinski definition) is 5.